The quantitative estimate of drug-likeness (QED) is 0.470. The summed E-state index contributed by atoms with van der Waals surface area (Å²) in [7, 11) is 0. The third-order valence-electron chi connectivity index (χ3n) is 2.19. The van der Waals surface area contributed by atoms with Gasteiger partial charge in [0.05, 0.1) is 19.1 Å². The highest BCUT2D eigenvalue weighted by Gasteiger charge is 2.09. The van der Waals surface area contributed by atoms with Crippen molar-refractivity contribution < 1.29 is 14.6 Å². The number of aliphatic hydroxyl groups excluding tert-OH is 1. The number of rotatable bonds is 8. The second kappa shape index (κ2) is 9.20. The Hall–Kier alpha value is -1.05. The number of nitrogens with one attached hydrogen (secondary N) is 1. The second-order valence-electron chi connectivity index (χ2n) is 3.96. The first-order chi connectivity index (χ1) is 7.57. The fourth-order valence-electron chi connectivity index (χ4n) is 1.08. The van der Waals surface area contributed by atoms with Crippen molar-refractivity contribution >= 4 is 5.91 Å². The molecule has 0 aromatic heterocycles. The normalized spacial score (nSPS) is 12.2. The van der Waals surface area contributed by atoms with Crippen molar-refractivity contribution in [2.45, 2.75) is 32.8 Å². The largest absolute Gasteiger partial charge is 0.393 e. The van der Waals surface area contributed by atoms with E-state index in [1.54, 1.807) is 0 Å². The molecule has 2 N–H and O–H groups in total. The molecule has 0 fully saturated rings. The predicted molar refractivity (Wildman–Crippen MR) is 62.7 cm³/mol. The molecule has 0 aromatic rings. The van der Waals surface area contributed by atoms with Crippen molar-refractivity contribution in [1.29, 1.82) is 0 Å². The Bertz CT molecular complexity index is 233. The van der Waals surface area contributed by atoms with Gasteiger partial charge < -0.3 is 15.2 Å². The van der Waals surface area contributed by atoms with Crippen molar-refractivity contribution in [2.75, 3.05) is 19.8 Å². The summed E-state index contributed by atoms with van der Waals surface area (Å²) in [6.07, 6.45) is 5.50. The number of hydrogen-bond donors (Lipinski definition) is 2. The minimum atomic E-state index is -0.363. The van der Waals surface area contributed by atoms with Crippen LogP contribution in [-0.4, -0.2) is 36.9 Å². The smallest absolute Gasteiger partial charge is 0.222 e. The Kier molecular flexibility index (Phi) is 8.59. The lowest BCUT2D eigenvalue weighted by Crippen LogP contribution is -2.29. The Balaban J connectivity index is 3.41. The van der Waals surface area contributed by atoms with Crippen LogP contribution in [0.25, 0.3) is 0 Å². The zero-order valence-corrected chi connectivity index (χ0v) is 10.0. The van der Waals surface area contributed by atoms with Gasteiger partial charge in [-0.1, -0.05) is 19.8 Å². The minimum absolute atomic E-state index is 0.0759. The minimum Gasteiger partial charge on any atom is -0.393 e. The highest BCUT2D eigenvalue weighted by Crippen LogP contribution is 2.03. The highest BCUT2D eigenvalue weighted by molar-refractivity contribution is 5.75. The van der Waals surface area contributed by atoms with E-state index in [9.17, 15) is 9.90 Å². The molecule has 0 aromatic carbocycles. The van der Waals surface area contributed by atoms with Crippen molar-refractivity contribution in [3.63, 3.8) is 0 Å². The molecule has 4 heteroatoms. The third kappa shape index (κ3) is 8.27. The molecule has 0 heterocycles. The molecule has 16 heavy (non-hydrogen) atoms. The van der Waals surface area contributed by atoms with E-state index in [0.29, 0.717) is 26.0 Å². The fourth-order valence-corrected chi connectivity index (χ4v) is 1.08. The first-order valence-corrected chi connectivity index (χ1v) is 5.54. The summed E-state index contributed by atoms with van der Waals surface area (Å²) in [5.41, 5.74) is 0. The van der Waals surface area contributed by atoms with Crippen LogP contribution >= 0.6 is 0 Å². The van der Waals surface area contributed by atoms with E-state index in [4.69, 9.17) is 11.2 Å². The van der Waals surface area contributed by atoms with Gasteiger partial charge in [-0.3, -0.25) is 4.79 Å². The molecule has 0 aliphatic carbocycles. The molecule has 0 bridgehead atoms. The van der Waals surface area contributed by atoms with E-state index in [1.165, 1.54) is 0 Å². The van der Waals surface area contributed by atoms with Gasteiger partial charge in [-0.2, -0.15) is 0 Å². The van der Waals surface area contributed by atoms with Crippen molar-refractivity contribution in [3.05, 3.63) is 0 Å². The molecule has 0 aliphatic heterocycles. The molecule has 1 atom stereocenters. The zero-order valence-electron chi connectivity index (χ0n) is 10.0. The predicted octanol–water partition coefficient (Wildman–Crippen LogP) is 0.549. The lowest BCUT2D eigenvalue weighted by Gasteiger charge is -2.14. The van der Waals surface area contributed by atoms with E-state index in [-0.39, 0.29) is 24.5 Å². The van der Waals surface area contributed by atoms with Crippen LogP contribution in [0.5, 0.6) is 0 Å². The molecule has 0 spiro atoms. The highest BCUT2D eigenvalue weighted by atomic mass is 16.5. The first-order valence-electron chi connectivity index (χ1n) is 5.54. The van der Waals surface area contributed by atoms with E-state index in [2.05, 4.69) is 11.2 Å². The zero-order chi connectivity index (χ0) is 12.4. The summed E-state index contributed by atoms with van der Waals surface area (Å²) in [5, 5.41) is 12.2. The third-order valence-corrected chi connectivity index (χ3v) is 2.19. The molecule has 0 aliphatic rings. The summed E-state index contributed by atoms with van der Waals surface area (Å²) in [5.74, 6) is 2.47. The molecular formula is C12H21NO3. The maximum Gasteiger partial charge on any atom is 0.222 e. The van der Waals surface area contributed by atoms with Crippen LogP contribution in [0.15, 0.2) is 0 Å². The lowest BCUT2D eigenvalue weighted by atomic mass is 10.0. The maximum atomic E-state index is 11.2. The summed E-state index contributed by atoms with van der Waals surface area (Å²) in [6.45, 7) is 4.95. The van der Waals surface area contributed by atoms with Gasteiger partial charge in [0.1, 0.15) is 6.61 Å². The number of hydrogen-bond acceptors (Lipinski definition) is 3. The fraction of sp³-hybridized carbons (Fsp3) is 0.750. The van der Waals surface area contributed by atoms with Crippen LogP contribution in [0.4, 0.5) is 0 Å². The second-order valence-corrected chi connectivity index (χ2v) is 3.96. The summed E-state index contributed by atoms with van der Waals surface area (Å²) in [4.78, 5) is 11.2. The van der Waals surface area contributed by atoms with Crippen LogP contribution in [-0.2, 0) is 9.53 Å². The van der Waals surface area contributed by atoms with Crippen LogP contribution in [0.3, 0.4) is 0 Å². The van der Waals surface area contributed by atoms with E-state index >= 15 is 0 Å². The van der Waals surface area contributed by atoms with Crippen LogP contribution in [0.1, 0.15) is 26.7 Å². The molecule has 92 valence electrons. The molecule has 1 unspecified atom stereocenters. The Labute approximate surface area is 97.4 Å². The summed E-state index contributed by atoms with van der Waals surface area (Å²) < 4.78 is 4.97. The lowest BCUT2D eigenvalue weighted by molar-refractivity contribution is -0.122. The number of carbonyl (C=O) groups is 1. The van der Waals surface area contributed by atoms with Gasteiger partial charge in [-0.25, -0.2) is 0 Å². The van der Waals surface area contributed by atoms with Crippen molar-refractivity contribution in [1.82, 2.24) is 5.32 Å². The van der Waals surface area contributed by atoms with E-state index in [1.807, 2.05) is 13.8 Å². The maximum absolute atomic E-state index is 11.2. The molecule has 0 saturated heterocycles. The number of terminal acetylenes is 1. The van der Waals surface area contributed by atoms with Gasteiger partial charge in [0.15, 0.2) is 0 Å². The molecule has 0 radical (unpaired) electrons. The van der Waals surface area contributed by atoms with Crippen molar-refractivity contribution in [3.8, 4) is 12.3 Å². The van der Waals surface area contributed by atoms with E-state index < -0.39 is 0 Å². The van der Waals surface area contributed by atoms with Crippen molar-refractivity contribution in [2.24, 2.45) is 5.92 Å². The Morgan fingerprint density at radius 3 is 2.81 bits per heavy atom. The van der Waals surface area contributed by atoms with Crippen LogP contribution in [0, 0.1) is 18.3 Å². The van der Waals surface area contributed by atoms with Gasteiger partial charge >= 0.3 is 0 Å². The summed E-state index contributed by atoms with van der Waals surface area (Å²) >= 11 is 0. The van der Waals surface area contributed by atoms with Gasteiger partial charge in [0.25, 0.3) is 0 Å². The molecule has 0 saturated carbocycles. The standard InChI is InChI=1S/C12H21NO3/c1-4-8-16-9-6-12(15)13-7-5-11(14)10(2)3/h1,10-11,14H,5-9H2,2-3H3,(H,13,15). The average Bonchev–Trinajstić information content (AvgIpc) is 2.24. The van der Waals surface area contributed by atoms with Gasteiger partial charge in [-0.15, -0.1) is 6.42 Å². The molecule has 0 rings (SSSR count). The first kappa shape index (κ1) is 14.9. The van der Waals surface area contributed by atoms with Gasteiger partial charge in [0, 0.05) is 6.54 Å². The van der Waals surface area contributed by atoms with Gasteiger partial charge in [0.2, 0.25) is 5.91 Å². The van der Waals surface area contributed by atoms with Crippen LogP contribution in [0.2, 0.25) is 0 Å². The Morgan fingerprint density at radius 2 is 2.25 bits per heavy atom. The number of amides is 1. The number of carbonyl (C=O) groups excluding carboxylic acids is 1. The number of aliphatic hydroxyl groups is 1. The Morgan fingerprint density at radius 1 is 1.56 bits per heavy atom. The molecule has 1 amide bonds. The summed E-state index contributed by atoms with van der Waals surface area (Å²) in [6, 6.07) is 0. The SMILES string of the molecule is C#CCOCCC(=O)NCCC(O)C(C)C. The topological polar surface area (TPSA) is 58.6 Å². The van der Waals surface area contributed by atoms with Crippen LogP contribution < -0.4 is 5.32 Å². The monoisotopic (exact) mass is 227 g/mol. The number of ether oxygens (including phenoxy) is 1. The molecule has 4 nitrogen and oxygen atoms in total. The molecular weight excluding hydrogens is 206 g/mol. The van der Waals surface area contributed by atoms with E-state index in [0.717, 1.165) is 0 Å². The van der Waals surface area contributed by atoms with Gasteiger partial charge in [-0.05, 0) is 12.3 Å². The average molecular weight is 227 g/mol.